The number of hydrogen-bond donors (Lipinski definition) is 1. The maximum atomic E-state index is 12.2. The summed E-state index contributed by atoms with van der Waals surface area (Å²) in [5.41, 5.74) is 0.552. The third kappa shape index (κ3) is 6.31. The number of carbonyl (C=O) groups is 1. The lowest BCUT2D eigenvalue weighted by Gasteiger charge is -2.26. The fraction of sp³-hybridized carbons (Fsp3) is 0.467. The van der Waals surface area contributed by atoms with E-state index in [1.165, 1.54) is 4.90 Å². The number of rotatable bonds is 5. The zero-order valence-corrected chi connectivity index (χ0v) is 15.1. The van der Waals surface area contributed by atoms with Crippen molar-refractivity contribution in [2.45, 2.75) is 31.0 Å². The summed E-state index contributed by atoms with van der Waals surface area (Å²) < 4.78 is 69.3. The summed E-state index contributed by atoms with van der Waals surface area (Å²) in [6.45, 7) is 2.67. The standard InChI is InChI=1S/C15H18F3N3O5S/c1-2-25-14(22)21-9-7-11(8-10-21)19-20-27(23,24)13-5-3-12(4-6-13)26-15(16,17)18/h3-6,20H,2,7-10H2,1H3. The molecule has 1 fully saturated rings. The van der Waals surface area contributed by atoms with Gasteiger partial charge in [-0.2, -0.15) is 13.5 Å². The molecule has 0 bridgehead atoms. The van der Waals surface area contributed by atoms with E-state index in [-0.39, 0.29) is 11.5 Å². The number of piperidine rings is 1. The molecule has 2 rings (SSSR count). The Labute approximate surface area is 154 Å². The summed E-state index contributed by atoms with van der Waals surface area (Å²) >= 11 is 0. The van der Waals surface area contributed by atoms with Gasteiger partial charge < -0.3 is 14.4 Å². The number of ether oxygens (including phenoxy) is 2. The van der Waals surface area contributed by atoms with Gasteiger partial charge in [-0.05, 0) is 31.2 Å². The number of benzene rings is 1. The van der Waals surface area contributed by atoms with Crippen molar-refractivity contribution in [3.63, 3.8) is 0 Å². The minimum absolute atomic E-state index is 0.259. The van der Waals surface area contributed by atoms with Crippen molar-refractivity contribution in [3.05, 3.63) is 24.3 Å². The van der Waals surface area contributed by atoms with Crippen LogP contribution < -0.4 is 9.57 Å². The van der Waals surface area contributed by atoms with Gasteiger partial charge in [-0.3, -0.25) is 0 Å². The normalized spacial score (nSPS) is 15.3. The topological polar surface area (TPSA) is 97.3 Å². The summed E-state index contributed by atoms with van der Waals surface area (Å²) in [5.74, 6) is -0.529. The zero-order chi connectivity index (χ0) is 20.1. The first kappa shape index (κ1) is 20.8. The maximum Gasteiger partial charge on any atom is 0.573 e. The van der Waals surface area contributed by atoms with Gasteiger partial charge in [0.1, 0.15) is 5.75 Å². The second-order valence-electron chi connectivity index (χ2n) is 5.48. The molecule has 0 spiro atoms. The van der Waals surface area contributed by atoms with Crippen LogP contribution in [0.25, 0.3) is 0 Å². The average molecular weight is 409 g/mol. The highest BCUT2D eigenvalue weighted by atomic mass is 32.2. The Hall–Kier alpha value is -2.50. The Morgan fingerprint density at radius 1 is 1.22 bits per heavy atom. The molecule has 0 atom stereocenters. The number of nitrogens with one attached hydrogen (secondary N) is 1. The third-order valence-electron chi connectivity index (χ3n) is 3.56. The van der Waals surface area contributed by atoms with Crippen LogP contribution in [-0.2, 0) is 14.8 Å². The van der Waals surface area contributed by atoms with Gasteiger partial charge >= 0.3 is 12.5 Å². The van der Waals surface area contributed by atoms with E-state index in [0.717, 1.165) is 24.3 Å². The molecule has 1 N–H and O–H groups in total. The smallest absolute Gasteiger partial charge is 0.450 e. The van der Waals surface area contributed by atoms with Gasteiger partial charge in [0.25, 0.3) is 10.0 Å². The first-order chi connectivity index (χ1) is 12.6. The number of amides is 1. The molecule has 1 aromatic carbocycles. The van der Waals surface area contributed by atoms with Crippen LogP contribution in [0.15, 0.2) is 34.3 Å². The van der Waals surface area contributed by atoms with E-state index in [9.17, 15) is 26.4 Å². The van der Waals surface area contributed by atoms with Crippen LogP contribution in [0.1, 0.15) is 19.8 Å². The van der Waals surface area contributed by atoms with Gasteiger partial charge in [-0.1, -0.05) is 0 Å². The first-order valence-corrected chi connectivity index (χ1v) is 9.44. The molecule has 27 heavy (non-hydrogen) atoms. The summed E-state index contributed by atoms with van der Waals surface area (Å²) in [7, 11) is -4.04. The van der Waals surface area contributed by atoms with Crippen molar-refractivity contribution in [3.8, 4) is 5.75 Å². The van der Waals surface area contributed by atoms with Gasteiger partial charge in [0, 0.05) is 31.6 Å². The van der Waals surface area contributed by atoms with Crippen LogP contribution >= 0.6 is 0 Å². The number of halogens is 3. The Kier molecular flexibility index (Phi) is 6.52. The molecule has 0 aromatic heterocycles. The molecule has 1 aromatic rings. The highest BCUT2D eigenvalue weighted by Crippen LogP contribution is 2.23. The number of carbonyl (C=O) groups excluding carboxylic acids is 1. The number of hydrogen-bond acceptors (Lipinski definition) is 6. The van der Waals surface area contributed by atoms with E-state index >= 15 is 0 Å². The van der Waals surface area contributed by atoms with Crippen molar-refractivity contribution in [1.82, 2.24) is 9.73 Å². The lowest BCUT2D eigenvalue weighted by molar-refractivity contribution is -0.274. The Balaban J connectivity index is 1.95. The molecule has 8 nitrogen and oxygen atoms in total. The number of alkyl halides is 3. The fourth-order valence-corrected chi connectivity index (χ4v) is 3.12. The Morgan fingerprint density at radius 2 is 1.81 bits per heavy atom. The molecule has 150 valence electrons. The second-order valence-corrected chi connectivity index (χ2v) is 7.14. The third-order valence-corrected chi connectivity index (χ3v) is 4.78. The van der Waals surface area contributed by atoms with Gasteiger partial charge in [0.05, 0.1) is 11.5 Å². The van der Waals surface area contributed by atoms with Crippen LogP contribution in [0, 0.1) is 0 Å². The molecule has 1 aliphatic heterocycles. The lowest BCUT2D eigenvalue weighted by atomic mass is 10.1. The molecule has 12 heteroatoms. The average Bonchev–Trinajstić information content (AvgIpc) is 2.60. The van der Waals surface area contributed by atoms with Gasteiger partial charge in [-0.15, -0.1) is 13.2 Å². The lowest BCUT2D eigenvalue weighted by Crippen LogP contribution is -2.39. The van der Waals surface area contributed by atoms with Gasteiger partial charge in [-0.25, -0.2) is 9.63 Å². The molecule has 0 saturated carbocycles. The molecule has 0 unspecified atom stereocenters. The molecular formula is C15H18F3N3O5S. The van der Waals surface area contributed by atoms with Crippen molar-refractivity contribution in [1.29, 1.82) is 0 Å². The Morgan fingerprint density at radius 3 is 2.33 bits per heavy atom. The van der Waals surface area contributed by atoms with Crippen LogP contribution in [0.5, 0.6) is 5.75 Å². The fourth-order valence-electron chi connectivity index (χ4n) is 2.27. The monoisotopic (exact) mass is 409 g/mol. The number of sulfonamides is 1. The summed E-state index contributed by atoms with van der Waals surface area (Å²) in [5, 5.41) is 3.84. The highest BCUT2D eigenvalue weighted by molar-refractivity contribution is 7.89. The minimum atomic E-state index is -4.86. The van der Waals surface area contributed by atoms with E-state index in [4.69, 9.17) is 4.74 Å². The van der Waals surface area contributed by atoms with Crippen LogP contribution in [0.3, 0.4) is 0 Å². The Bertz CT molecular complexity index is 784. The van der Waals surface area contributed by atoms with Gasteiger partial charge in [0.15, 0.2) is 0 Å². The molecule has 0 aliphatic carbocycles. The van der Waals surface area contributed by atoms with E-state index in [2.05, 4.69) is 9.84 Å². The summed E-state index contributed by atoms with van der Waals surface area (Å²) in [4.78, 5) is 14.9. The predicted molar refractivity (Wildman–Crippen MR) is 88.7 cm³/mol. The van der Waals surface area contributed by atoms with Crippen LogP contribution in [0.2, 0.25) is 0 Å². The van der Waals surface area contributed by atoms with E-state index < -0.39 is 28.2 Å². The largest absolute Gasteiger partial charge is 0.573 e. The van der Waals surface area contributed by atoms with Crippen molar-refractivity contribution in [2.24, 2.45) is 5.10 Å². The second kappa shape index (κ2) is 8.46. The molecule has 1 amide bonds. The molecule has 1 saturated heterocycles. The quantitative estimate of drug-likeness (QED) is 0.754. The summed E-state index contributed by atoms with van der Waals surface area (Å²) in [6.07, 6.45) is -4.54. The number of nitrogens with zero attached hydrogens (tertiary/aromatic N) is 2. The van der Waals surface area contributed by atoms with Crippen molar-refractivity contribution < 1.29 is 35.9 Å². The van der Waals surface area contributed by atoms with Crippen LogP contribution in [0.4, 0.5) is 18.0 Å². The minimum Gasteiger partial charge on any atom is -0.450 e. The predicted octanol–water partition coefficient (Wildman–Crippen LogP) is 2.47. The molecular weight excluding hydrogens is 391 g/mol. The van der Waals surface area contributed by atoms with E-state index in [0.29, 0.717) is 31.6 Å². The maximum absolute atomic E-state index is 12.2. The summed E-state index contributed by atoms with van der Waals surface area (Å²) in [6, 6.07) is 3.75. The van der Waals surface area contributed by atoms with E-state index in [1.807, 2.05) is 4.83 Å². The molecule has 1 aliphatic rings. The highest BCUT2D eigenvalue weighted by Gasteiger charge is 2.31. The zero-order valence-electron chi connectivity index (χ0n) is 14.3. The molecule has 0 radical (unpaired) electrons. The first-order valence-electron chi connectivity index (χ1n) is 7.95. The number of likely N-dealkylation sites (tertiary alicyclic amines) is 1. The van der Waals surface area contributed by atoms with Crippen LogP contribution in [-0.4, -0.2) is 51.2 Å². The van der Waals surface area contributed by atoms with Crippen molar-refractivity contribution >= 4 is 21.8 Å². The van der Waals surface area contributed by atoms with E-state index in [1.54, 1.807) is 6.92 Å². The molecule has 1 heterocycles. The SMILES string of the molecule is CCOC(=O)N1CCC(=NNS(=O)(=O)c2ccc(OC(F)(F)F)cc2)CC1. The van der Waals surface area contributed by atoms with Gasteiger partial charge in [0.2, 0.25) is 0 Å². The van der Waals surface area contributed by atoms with Crippen molar-refractivity contribution in [2.75, 3.05) is 19.7 Å². The number of hydrazone groups is 1.